The van der Waals surface area contributed by atoms with E-state index in [1.54, 1.807) is 19.9 Å². The summed E-state index contributed by atoms with van der Waals surface area (Å²) < 4.78 is 10.9. The number of benzene rings is 2. The van der Waals surface area contributed by atoms with Crippen molar-refractivity contribution in [1.82, 2.24) is 0 Å². The second-order valence-electron chi connectivity index (χ2n) is 8.55. The molecule has 0 saturated carbocycles. The van der Waals surface area contributed by atoms with Gasteiger partial charge in [0.25, 0.3) is 5.91 Å². The lowest BCUT2D eigenvalue weighted by Crippen LogP contribution is -2.60. The highest BCUT2D eigenvalue weighted by Crippen LogP contribution is 2.25. The highest BCUT2D eigenvalue weighted by molar-refractivity contribution is 6.03. The van der Waals surface area contributed by atoms with Gasteiger partial charge in [0, 0.05) is 0 Å². The summed E-state index contributed by atoms with van der Waals surface area (Å²) in [5.41, 5.74) is 3.36. The molecular weight excluding hydrogens is 432 g/mol. The Morgan fingerprint density at radius 1 is 0.971 bits per heavy atom. The highest BCUT2D eigenvalue weighted by atomic mass is 16.5. The zero-order chi connectivity index (χ0) is 25.3. The van der Waals surface area contributed by atoms with E-state index in [4.69, 9.17) is 9.47 Å². The van der Waals surface area contributed by atoms with Gasteiger partial charge in [0.05, 0.1) is 30.9 Å². The molecule has 1 unspecified atom stereocenters. The number of nitrogens with zero attached hydrogens (tertiary/aromatic N) is 1. The summed E-state index contributed by atoms with van der Waals surface area (Å²) in [5, 5.41) is 2.94. The molecule has 2 aromatic rings. The van der Waals surface area contributed by atoms with Crippen molar-refractivity contribution in [3.05, 3.63) is 64.7 Å². The monoisotopic (exact) mass is 469 g/mol. The van der Waals surface area contributed by atoms with E-state index in [0.29, 0.717) is 24.3 Å². The lowest BCUT2D eigenvalue weighted by atomic mass is 10.0. The largest absolute Gasteiger partial charge is 0.462 e. The van der Waals surface area contributed by atoms with Gasteiger partial charge in [-0.1, -0.05) is 36.4 Å². The van der Waals surface area contributed by atoms with Crippen LogP contribution in [0.25, 0.3) is 0 Å². The number of ether oxygens (including phenoxy) is 2. The number of aryl methyl sites for hydroxylation is 2. The minimum absolute atomic E-state index is 0.0754. The lowest BCUT2D eigenvalue weighted by molar-refractivity contribution is -0.931. The van der Waals surface area contributed by atoms with Gasteiger partial charge in [-0.25, -0.2) is 9.59 Å². The third-order valence-electron chi connectivity index (χ3n) is 6.37. The second-order valence-corrected chi connectivity index (χ2v) is 8.55. The summed E-state index contributed by atoms with van der Waals surface area (Å²) >= 11 is 0. The molecule has 1 atom stereocenters. The standard InChI is InChI=1S/C27H36N2O5/c1-7-29(8-2,17-24(30)34-18-22-13-11-10-12-14-22)21(6)26(31)28-25-20(5)15-19(4)16-23(25)27(32)33-9-3/h10-16,21H,7-9,17-18H2,1-6H3/p+1. The Hall–Kier alpha value is -3.19. The van der Waals surface area contributed by atoms with Gasteiger partial charge in [0.2, 0.25) is 0 Å². The van der Waals surface area contributed by atoms with E-state index in [1.807, 2.05) is 64.1 Å². The Kier molecular flexibility index (Phi) is 9.81. The number of rotatable bonds is 11. The number of hydrogen-bond acceptors (Lipinski definition) is 5. The van der Waals surface area contributed by atoms with Crippen molar-refractivity contribution in [1.29, 1.82) is 0 Å². The minimum atomic E-state index is -0.546. The number of carbonyl (C=O) groups is 3. The van der Waals surface area contributed by atoms with Gasteiger partial charge in [-0.15, -0.1) is 0 Å². The highest BCUT2D eigenvalue weighted by Gasteiger charge is 2.39. The zero-order valence-corrected chi connectivity index (χ0v) is 21.1. The number of esters is 2. The Morgan fingerprint density at radius 3 is 2.21 bits per heavy atom. The molecule has 7 nitrogen and oxygen atoms in total. The van der Waals surface area contributed by atoms with E-state index < -0.39 is 12.0 Å². The molecule has 184 valence electrons. The van der Waals surface area contributed by atoms with Gasteiger partial charge < -0.3 is 19.3 Å². The van der Waals surface area contributed by atoms with Crippen LogP contribution in [0.15, 0.2) is 42.5 Å². The van der Waals surface area contributed by atoms with Crippen molar-refractivity contribution in [3.8, 4) is 0 Å². The van der Waals surface area contributed by atoms with E-state index >= 15 is 0 Å². The maximum Gasteiger partial charge on any atom is 0.362 e. The summed E-state index contributed by atoms with van der Waals surface area (Å²) in [6.07, 6.45) is 0. The molecule has 2 aromatic carbocycles. The van der Waals surface area contributed by atoms with Crippen LogP contribution in [0, 0.1) is 13.8 Å². The Bertz CT molecular complexity index is 1000. The van der Waals surface area contributed by atoms with E-state index in [2.05, 4.69) is 5.32 Å². The molecule has 0 aliphatic heterocycles. The average Bonchev–Trinajstić information content (AvgIpc) is 2.83. The van der Waals surface area contributed by atoms with Crippen LogP contribution in [0.5, 0.6) is 0 Å². The molecular formula is C27H37N2O5+. The molecule has 1 N–H and O–H groups in total. The third kappa shape index (κ3) is 6.67. The molecule has 1 amide bonds. The Labute approximate surface area is 202 Å². The van der Waals surface area contributed by atoms with Crippen molar-refractivity contribution in [3.63, 3.8) is 0 Å². The SMILES string of the molecule is CCOC(=O)c1cc(C)cc(C)c1NC(=O)C(C)[N+](CC)(CC)CC(=O)OCc1ccccc1. The first-order valence-electron chi connectivity index (χ1n) is 11.8. The van der Waals surface area contributed by atoms with E-state index in [1.165, 1.54) is 0 Å². The third-order valence-corrected chi connectivity index (χ3v) is 6.37. The molecule has 0 bridgehead atoms. The van der Waals surface area contributed by atoms with Gasteiger partial charge in [0.15, 0.2) is 12.6 Å². The van der Waals surface area contributed by atoms with E-state index in [9.17, 15) is 14.4 Å². The van der Waals surface area contributed by atoms with Crippen LogP contribution >= 0.6 is 0 Å². The predicted molar refractivity (Wildman–Crippen MR) is 132 cm³/mol. The van der Waals surface area contributed by atoms with Gasteiger partial charge in [-0.05, 0) is 64.3 Å². The quantitative estimate of drug-likeness (QED) is 0.389. The molecule has 0 radical (unpaired) electrons. The molecule has 0 aliphatic carbocycles. The molecule has 0 fully saturated rings. The number of likely N-dealkylation sites (N-methyl/N-ethyl adjacent to an activating group) is 1. The fraction of sp³-hybridized carbons (Fsp3) is 0.444. The molecule has 0 aliphatic rings. The van der Waals surface area contributed by atoms with Crippen LogP contribution in [0.2, 0.25) is 0 Å². The normalized spacial score (nSPS) is 12.1. The molecule has 7 heteroatoms. The first-order chi connectivity index (χ1) is 16.2. The molecule has 2 rings (SSSR count). The predicted octanol–water partition coefficient (Wildman–Crippen LogP) is 4.41. The maximum absolute atomic E-state index is 13.4. The second kappa shape index (κ2) is 12.3. The summed E-state index contributed by atoms with van der Waals surface area (Å²) in [7, 11) is 0. The minimum Gasteiger partial charge on any atom is -0.462 e. The number of carbonyl (C=O) groups excluding carboxylic acids is 3. The van der Waals surface area contributed by atoms with Gasteiger partial charge in [-0.2, -0.15) is 0 Å². The van der Waals surface area contributed by atoms with Crippen LogP contribution in [-0.2, 0) is 25.7 Å². The fourth-order valence-corrected chi connectivity index (χ4v) is 4.15. The zero-order valence-electron chi connectivity index (χ0n) is 21.1. The fourth-order valence-electron chi connectivity index (χ4n) is 4.15. The molecule has 0 spiro atoms. The summed E-state index contributed by atoms with van der Waals surface area (Å²) in [6, 6.07) is 12.6. The topological polar surface area (TPSA) is 81.7 Å². The number of quaternary nitrogens is 1. The molecule has 0 saturated heterocycles. The number of anilines is 1. The molecule has 34 heavy (non-hydrogen) atoms. The smallest absolute Gasteiger partial charge is 0.362 e. The van der Waals surface area contributed by atoms with E-state index in [-0.39, 0.29) is 36.1 Å². The van der Waals surface area contributed by atoms with Gasteiger partial charge in [0.1, 0.15) is 6.61 Å². The van der Waals surface area contributed by atoms with Crippen molar-refractivity contribution >= 4 is 23.5 Å². The summed E-state index contributed by atoms with van der Waals surface area (Å²) in [4.78, 5) is 38.6. The Balaban J connectivity index is 2.20. The lowest BCUT2D eigenvalue weighted by Gasteiger charge is -2.40. The first-order valence-corrected chi connectivity index (χ1v) is 11.8. The van der Waals surface area contributed by atoms with Gasteiger partial charge in [-0.3, -0.25) is 4.79 Å². The van der Waals surface area contributed by atoms with Crippen LogP contribution in [0.1, 0.15) is 54.7 Å². The van der Waals surface area contributed by atoms with Crippen LogP contribution in [0.4, 0.5) is 5.69 Å². The first kappa shape index (κ1) is 27.1. The summed E-state index contributed by atoms with van der Waals surface area (Å²) in [6.45, 7) is 12.9. The number of nitrogens with one attached hydrogen (secondary N) is 1. The van der Waals surface area contributed by atoms with Crippen molar-refractivity contribution in [2.45, 2.75) is 54.2 Å². The molecule has 0 heterocycles. The van der Waals surface area contributed by atoms with Gasteiger partial charge >= 0.3 is 11.9 Å². The van der Waals surface area contributed by atoms with Crippen molar-refractivity contribution < 1.29 is 28.3 Å². The number of amides is 1. The summed E-state index contributed by atoms with van der Waals surface area (Å²) in [5.74, 6) is -1.10. The van der Waals surface area contributed by atoms with Crippen molar-refractivity contribution in [2.75, 3.05) is 31.6 Å². The number of hydrogen-bond donors (Lipinski definition) is 1. The van der Waals surface area contributed by atoms with Crippen LogP contribution < -0.4 is 5.32 Å². The van der Waals surface area contributed by atoms with Crippen molar-refractivity contribution in [2.24, 2.45) is 0 Å². The van der Waals surface area contributed by atoms with Crippen LogP contribution in [0.3, 0.4) is 0 Å². The average molecular weight is 470 g/mol. The van der Waals surface area contributed by atoms with Crippen LogP contribution in [-0.4, -0.2) is 54.6 Å². The Morgan fingerprint density at radius 2 is 1.62 bits per heavy atom. The van der Waals surface area contributed by atoms with E-state index in [0.717, 1.165) is 16.7 Å². The molecule has 0 aromatic heterocycles. The maximum atomic E-state index is 13.4.